The monoisotopic (exact) mass is 307 g/mol. The summed E-state index contributed by atoms with van der Waals surface area (Å²) in [6.07, 6.45) is 0.776. The van der Waals surface area contributed by atoms with Gasteiger partial charge in [0.2, 0.25) is 0 Å². The minimum atomic E-state index is 0.0291. The van der Waals surface area contributed by atoms with Crippen LogP contribution in [0.3, 0.4) is 0 Å². The lowest BCUT2D eigenvalue weighted by molar-refractivity contribution is 0.483. The molecule has 0 radical (unpaired) electrons. The number of hydrazine groups is 1. The molecule has 0 aliphatic carbocycles. The molecule has 0 aliphatic rings. The van der Waals surface area contributed by atoms with Gasteiger partial charge in [0.05, 0.1) is 16.7 Å². The molecule has 2 rings (SSSR count). The number of nitrogens with one attached hydrogen (secondary N) is 1. The largest absolute Gasteiger partial charge is 0.466 e. The topological polar surface area (TPSA) is 64.1 Å². The summed E-state index contributed by atoms with van der Waals surface area (Å²) >= 11 is 1.70. The number of nitrogens with zero attached hydrogens (tertiary/aromatic N) is 1. The molecule has 4 nitrogen and oxygen atoms in total. The van der Waals surface area contributed by atoms with Crippen LogP contribution in [0.2, 0.25) is 0 Å². The minimum absolute atomic E-state index is 0.0291. The first-order valence-corrected chi connectivity index (χ1v) is 8.09. The SMILES string of the molecule is Cc1oc(C)c(C(Cc2nc(C(C)(C)C)cs2)NN)c1C. The highest BCUT2D eigenvalue weighted by molar-refractivity contribution is 7.09. The predicted octanol–water partition coefficient (Wildman–Crippen LogP) is 3.71. The molecule has 0 aliphatic heterocycles. The molecule has 0 saturated carbocycles. The Kier molecular flexibility index (Phi) is 4.56. The van der Waals surface area contributed by atoms with Crippen LogP contribution in [0.1, 0.15) is 60.2 Å². The van der Waals surface area contributed by atoms with Crippen molar-refractivity contribution in [3.63, 3.8) is 0 Å². The number of thiazole rings is 1. The number of aromatic nitrogens is 1. The molecular weight excluding hydrogens is 282 g/mol. The summed E-state index contributed by atoms with van der Waals surface area (Å²) in [4.78, 5) is 4.75. The van der Waals surface area contributed by atoms with E-state index < -0.39 is 0 Å². The fourth-order valence-corrected chi connectivity index (χ4v) is 3.56. The molecule has 2 aromatic rings. The molecule has 0 spiro atoms. The van der Waals surface area contributed by atoms with Crippen molar-refractivity contribution in [3.05, 3.63) is 38.7 Å². The zero-order valence-electron chi connectivity index (χ0n) is 13.7. The van der Waals surface area contributed by atoms with Crippen molar-refractivity contribution in [2.75, 3.05) is 0 Å². The third kappa shape index (κ3) is 3.36. The summed E-state index contributed by atoms with van der Waals surface area (Å²) in [5.41, 5.74) is 6.46. The molecule has 0 saturated heterocycles. The van der Waals surface area contributed by atoms with Gasteiger partial charge in [-0.25, -0.2) is 4.98 Å². The highest BCUT2D eigenvalue weighted by atomic mass is 32.1. The predicted molar refractivity (Wildman–Crippen MR) is 87.5 cm³/mol. The second-order valence-corrected chi connectivity index (χ2v) is 7.50. The molecular formula is C16H25N3OS. The Labute approximate surface area is 130 Å². The molecule has 2 aromatic heterocycles. The van der Waals surface area contributed by atoms with Crippen molar-refractivity contribution in [2.24, 2.45) is 5.84 Å². The number of nitrogens with two attached hydrogens (primary N) is 1. The second-order valence-electron chi connectivity index (χ2n) is 6.55. The third-order valence-corrected chi connectivity index (χ3v) is 4.74. The normalized spacial score (nSPS) is 13.7. The van der Waals surface area contributed by atoms with E-state index in [9.17, 15) is 0 Å². The molecule has 0 bridgehead atoms. The maximum atomic E-state index is 5.78. The Morgan fingerprint density at radius 2 is 1.95 bits per heavy atom. The average Bonchev–Trinajstić information content (AvgIpc) is 2.94. The highest BCUT2D eigenvalue weighted by Crippen LogP contribution is 2.31. The van der Waals surface area contributed by atoms with E-state index >= 15 is 0 Å². The Balaban J connectivity index is 2.25. The van der Waals surface area contributed by atoms with Crippen LogP contribution in [0, 0.1) is 20.8 Å². The van der Waals surface area contributed by atoms with Crippen LogP contribution in [-0.4, -0.2) is 4.98 Å². The van der Waals surface area contributed by atoms with Crippen molar-refractivity contribution < 1.29 is 4.42 Å². The van der Waals surface area contributed by atoms with E-state index in [1.807, 2.05) is 13.8 Å². The van der Waals surface area contributed by atoms with E-state index in [0.29, 0.717) is 0 Å². The van der Waals surface area contributed by atoms with E-state index in [1.54, 1.807) is 11.3 Å². The number of aryl methyl sites for hydroxylation is 2. The first kappa shape index (κ1) is 16.2. The van der Waals surface area contributed by atoms with Crippen LogP contribution >= 0.6 is 11.3 Å². The van der Waals surface area contributed by atoms with Gasteiger partial charge in [-0.15, -0.1) is 11.3 Å². The quantitative estimate of drug-likeness (QED) is 0.667. The summed E-state index contributed by atoms with van der Waals surface area (Å²) in [6.45, 7) is 12.6. The van der Waals surface area contributed by atoms with Gasteiger partial charge in [0, 0.05) is 22.8 Å². The number of rotatable bonds is 4. The second kappa shape index (κ2) is 5.91. The molecule has 0 fully saturated rings. The summed E-state index contributed by atoms with van der Waals surface area (Å²) < 4.78 is 5.71. The number of hydrogen-bond donors (Lipinski definition) is 2. The number of furan rings is 1. The molecule has 3 N–H and O–H groups in total. The molecule has 21 heavy (non-hydrogen) atoms. The van der Waals surface area contributed by atoms with E-state index in [4.69, 9.17) is 15.2 Å². The van der Waals surface area contributed by atoms with E-state index in [1.165, 1.54) is 5.56 Å². The van der Waals surface area contributed by atoms with Gasteiger partial charge in [-0.05, 0) is 26.3 Å². The Bertz CT molecular complexity index is 622. The van der Waals surface area contributed by atoms with Crippen molar-refractivity contribution >= 4 is 11.3 Å². The standard InChI is InChI=1S/C16H25N3OS/c1-9-10(2)20-11(3)15(9)12(19-17)7-14-18-13(8-21-14)16(4,5)6/h8,12,19H,7,17H2,1-6H3. The van der Waals surface area contributed by atoms with Gasteiger partial charge in [0.25, 0.3) is 0 Å². The summed E-state index contributed by atoms with van der Waals surface area (Å²) in [5.74, 6) is 7.66. The van der Waals surface area contributed by atoms with E-state index in [2.05, 4.69) is 38.5 Å². The van der Waals surface area contributed by atoms with Gasteiger partial charge in [-0.1, -0.05) is 20.8 Å². The van der Waals surface area contributed by atoms with Gasteiger partial charge >= 0.3 is 0 Å². The Morgan fingerprint density at radius 3 is 2.38 bits per heavy atom. The zero-order valence-corrected chi connectivity index (χ0v) is 14.5. The minimum Gasteiger partial charge on any atom is -0.466 e. The van der Waals surface area contributed by atoms with Gasteiger partial charge in [0.15, 0.2) is 0 Å². The lowest BCUT2D eigenvalue weighted by atomic mass is 9.93. The maximum Gasteiger partial charge on any atom is 0.106 e. The zero-order chi connectivity index (χ0) is 15.8. The van der Waals surface area contributed by atoms with Crippen LogP contribution in [-0.2, 0) is 11.8 Å². The van der Waals surface area contributed by atoms with E-state index in [0.717, 1.165) is 34.2 Å². The van der Waals surface area contributed by atoms with Crippen LogP contribution in [0.15, 0.2) is 9.80 Å². The lowest BCUT2D eigenvalue weighted by Gasteiger charge is -2.16. The molecule has 1 unspecified atom stereocenters. The summed E-state index contributed by atoms with van der Waals surface area (Å²) in [7, 11) is 0. The first-order valence-electron chi connectivity index (χ1n) is 7.21. The van der Waals surface area contributed by atoms with Crippen molar-refractivity contribution in [1.82, 2.24) is 10.4 Å². The van der Waals surface area contributed by atoms with Crippen molar-refractivity contribution in [3.8, 4) is 0 Å². The van der Waals surface area contributed by atoms with Crippen LogP contribution in [0.5, 0.6) is 0 Å². The summed E-state index contributed by atoms with van der Waals surface area (Å²) in [5, 5.41) is 3.24. The maximum absolute atomic E-state index is 5.78. The molecule has 1 atom stereocenters. The van der Waals surface area contributed by atoms with Gasteiger partial charge in [0.1, 0.15) is 11.5 Å². The van der Waals surface area contributed by atoms with Gasteiger partial charge < -0.3 is 4.42 Å². The van der Waals surface area contributed by atoms with Crippen molar-refractivity contribution in [1.29, 1.82) is 0 Å². The fourth-order valence-electron chi connectivity index (χ4n) is 2.49. The van der Waals surface area contributed by atoms with Gasteiger partial charge in [-0.3, -0.25) is 11.3 Å². The van der Waals surface area contributed by atoms with E-state index in [-0.39, 0.29) is 11.5 Å². The highest BCUT2D eigenvalue weighted by Gasteiger charge is 2.23. The van der Waals surface area contributed by atoms with Gasteiger partial charge in [-0.2, -0.15) is 0 Å². The smallest absolute Gasteiger partial charge is 0.106 e. The molecule has 2 heterocycles. The van der Waals surface area contributed by atoms with Crippen LogP contribution < -0.4 is 11.3 Å². The lowest BCUT2D eigenvalue weighted by Crippen LogP contribution is -2.30. The van der Waals surface area contributed by atoms with Crippen molar-refractivity contribution in [2.45, 2.75) is 59.4 Å². The average molecular weight is 307 g/mol. The molecule has 5 heteroatoms. The van der Waals surface area contributed by atoms with Crippen LogP contribution in [0.4, 0.5) is 0 Å². The fraction of sp³-hybridized carbons (Fsp3) is 0.562. The molecule has 116 valence electrons. The molecule has 0 aromatic carbocycles. The van der Waals surface area contributed by atoms with Crippen LogP contribution in [0.25, 0.3) is 0 Å². The number of hydrogen-bond acceptors (Lipinski definition) is 5. The third-order valence-electron chi connectivity index (χ3n) is 3.87. The first-order chi connectivity index (χ1) is 9.74. The molecule has 0 amide bonds. The Morgan fingerprint density at radius 1 is 1.29 bits per heavy atom. The Hall–Kier alpha value is -1.17. The summed E-state index contributed by atoms with van der Waals surface area (Å²) in [6, 6.07) is 0.0291.